The zero-order valence-corrected chi connectivity index (χ0v) is 8.35. The smallest absolute Gasteiger partial charge is 0.239 e. The van der Waals surface area contributed by atoms with Gasteiger partial charge in [-0.2, -0.15) is 0 Å². The van der Waals surface area contributed by atoms with Gasteiger partial charge in [-0.1, -0.05) is 13.8 Å². The maximum atomic E-state index is 11.5. The fourth-order valence-electron chi connectivity index (χ4n) is 1.62. The van der Waals surface area contributed by atoms with Crippen LogP contribution in [0, 0.1) is 5.41 Å². The summed E-state index contributed by atoms with van der Waals surface area (Å²) in [4.78, 5) is 13.3. The van der Waals surface area contributed by atoms with Crippen molar-refractivity contribution in [2.24, 2.45) is 5.41 Å². The van der Waals surface area contributed by atoms with E-state index in [4.69, 9.17) is 0 Å². The van der Waals surface area contributed by atoms with Crippen LogP contribution in [-0.4, -0.2) is 37.0 Å². The summed E-state index contributed by atoms with van der Waals surface area (Å²) in [5.74, 6) is 0.195. The van der Waals surface area contributed by atoms with E-state index in [9.17, 15) is 4.79 Å². The van der Waals surface area contributed by atoms with E-state index in [1.165, 1.54) is 0 Å². The van der Waals surface area contributed by atoms with Gasteiger partial charge in [0.25, 0.3) is 0 Å². The highest BCUT2D eigenvalue weighted by atomic mass is 16.2. The second-order valence-electron chi connectivity index (χ2n) is 4.46. The zero-order valence-electron chi connectivity index (χ0n) is 8.35. The van der Waals surface area contributed by atoms with E-state index >= 15 is 0 Å². The Morgan fingerprint density at radius 2 is 2.17 bits per heavy atom. The number of nitrogens with one attached hydrogen (secondary N) is 1. The van der Waals surface area contributed by atoms with Gasteiger partial charge in [0.2, 0.25) is 5.91 Å². The maximum Gasteiger partial charge on any atom is 0.239 e. The molecule has 0 radical (unpaired) electrons. The molecule has 3 heteroatoms. The fourth-order valence-corrected chi connectivity index (χ4v) is 1.62. The Bertz CT molecular complexity index is 189. The van der Waals surface area contributed by atoms with Crippen LogP contribution < -0.4 is 5.32 Å². The van der Waals surface area contributed by atoms with Crippen molar-refractivity contribution in [2.75, 3.05) is 20.1 Å². The van der Waals surface area contributed by atoms with Gasteiger partial charge in [-0.15, -0.1) is 0 Å². The molecule has 0 bridgehead atoms. The predicted molar refractivity (Wildman–Crippen MR) is 48.9 cm³/mol. The summed E-state index contributed by atoms with van der Waals surface area (Å²) < 4.78 is 0. The Morgan fingerprint density at radius 1 is 1.58 bits per heavy atom. The van der Waals surface area contributed by atoms with Crippen LogP contribution in [0.5, 0.6) is 0 Å². The number of amides is 1. The number of hydrogen-bond acceptors (Lipinski definition) is 2. The van der Waals surface area contributed by atoms with Crippen molar-refractivity contribution < 1.29 is 4.79 Å². The predicted octanol–water partition coefficient (Wildman–Crippen LogP) is 0.463. The Labute approximate surface area is 74.1 Å². The van der Waals surface area contributed by atoms with Crippen molar-refractivity contribution in [3.8, 4) is 0 Å². The van der Waals surface area contributed by atoms with E-state index in [-0.39, 0.29) is 17.4 Å². The summed E-state index contributed by atoms with van der Waals surface area (Å²) >= 11 is 0. The molecule has 1 aliphatic rings. The highest BCUT2D eigenvalue weighted by molar-refractivity contribution is 5.81. The summed E-state index contributed by atoms with van der Waals surface area (Å²) in [7, 11) is 1.87. The van der Waals surface area contributed by atoms with E-state index in [0.717, 1.165) is 13.1 Å². The summed E-state index contributed by atoms with van der Waals surface area (Å²) in [5, 5.41) is 3.22. The van der Waals surface area contributed by atoms with Gasteiger partial charge in [-0.05, 0) is 12.3 Å². The Hall–Kier alpha value is -0.570. The van der Waals surface area contributed by atoms with Crippen molar-refractivity contribution in [1.29, 1.82) is 0 Å². The van der Waals surface area contributed by atoms with Crippen LogP contribution in [0.4, 0.5) is 0 Å². The lowest BCUT2D eigenvalue weighted by Crippen LogP contribution is -2.39. The summed E-state index contributed by atoms with van der Waals surface area (Å²) in [6.07, 6.45) is 0. The van der Waals surface area contributed by atoms with Crippen molar-refractivity contribution in [3.05, 3.63) is 0 Å². The molecule has 1 amide bonds. The molecule has 70 valence electrons. The van der Waals surface area contributed by atoms with Crippen molar-refractivity contribution >= 4 is 5.91 Å². The third-order valence-corrected chi connectivity index (χ3v) is 2.30. The molecule has 1 heterocycles. The summed E-state index contributed by atoms with van der Waals surface area (Å²) in [5.41, 5.74) is 0.190. The van der Waals surface area contributed by atoms with E-state index in [1.54, 1.807) is 0 Å². The molecule has 0 aliphatic carbocycles. The number of carbonyl (C=O) groups is 1. The average molecular weight is 170 g/mol. The highest BCUT2D eigenvalue weighted by Gasteiger charge is 2.29. The molecule has 0 aromatic heterocycles. The van der Waals surface area contributed by atoms with Crippen LogP contribution in [0.25, 0.3) is 0 Å². The van der Waals surface area contributed by atoms with E-state index in [0.29, 0.717) is 0 Å². The fraction of sp³-hybridized carbons (Fsp3) is 0.889. The van der Waals surface area contributed by atoms with Crippen LogP contribution in [0.1, 0.15) is 20.8 Å². The quantitative estimate of drug-likeness (QED) is 0.573. The third kappa shape index (κ3) is 1.97. The first-order valence-corrected chi connectivity index (χ1v) is 4.41. The highest BCUT2D eigenvalue weighted by Crippen LogP contribution is 2.18. The lowest BCUT2D eigenvalue weighted by atomic mass is 9.93. The SMILES string of the molecule is CC1NCC(C)(C)CN(C)C1=O. The number of rotatable bonds is 0. The number of hydrogen-bond donors (Lipinski definition) is 1. The minimum Gasteiger partial charge on any atom is -0.344 e. The van der Waals surface area contributed by atoms with Crippen molar-refractivity contribution in [3.63, 3.8) is 0 Å². The summed E-state index contributed by atoms with van der Waals surface area (Å²) in [6, 6.07) is -0.0308. The van der Waals surface area contributed by atoms with Gasteiger partial charge in [0, 0.05) is 20.1 Å². The van der Waals surface area contributed by atoms with Crippen LogP contribution >= 0.6 is 0 Å². The topological polar surface area (TPSA) is 32.3 Å². The normalized spacial score (nSPS) is 30.2. The van der Waals surface area contributed by atoms with Gasteiger partial charge in [0.1, 0.15) is 0 Å². The molecule has 1 aliphatic heterocycles. The molecule has 1 atom stereocenters. The molecule has 1 rings (SSSR count). The third-order valence-electron chi connectivity index (χ3n) is 2.30. The van der Waals surface area contributed by atoms with Crippen LogP contribution in [-0.2, 0) is 4.79 Å². The van der Waals surface area contributed by atoms with Gasteiger partial charge in [-0.3, -0.25) is 4.79 Å². The molecular formula is C9H18N2O. The number of carbonyl (C=O) groups excluding carboxylic acids is 1. The van der Waals surface area contributed by atoms with Crippen molar-refractivity contribution in [2.45, 2.75) is 26.8 Å². The van der Waals surface area contributed by atoms with E-state index in [2.05, 4.69) is 19.2 Å². The van der Waals surface area contributed by atoms with E-state index in [1.807, 2.05) is 18.9 Å². The minimum absolute atomic E-state index is 0.0308. The molecule has 0 spiro atoms. The molecule has 1 saturated heterocycles. The number of likely N-dealkylation sites (N-methyl/N-ethyl adjacent to an activating group) is 1. The van der Waals surface area contributed by atoms with Crippen LogP contribution in [0.15, 0.2) is 0 Å². The molecule has 12 heavy (non-hydrogen) atoms. The first-order valence-electron chi connectivity index (χ1n) is 4.41. The molecule has 3 nitrogen and oxygen atoms in total. The lowest BCUT2D eigenvalue weighted by Gasteiger charge is -2.25. The second kappa shape index (κ2) is 3.05. The second-order valence-corrected chi connectivity index (χ2v) is 4.46. The van der Waals surface area contributed by atoms with Gasteiger partial charge in [0.15, 0.2) is 0 Å². The largest absolute Gasteiger partial charge is 0.344 e. The summed E-state index contributed by atoms with van der Waals surface area (Å²) in [6.45, 7) is 8.00. The van der Waals surface area contributed by atoms with Crippen LogP contribution in [0.2, 0.25) is 0 Å². The maximum absolute atomic E-state index is 11.5. The Morgan fingerprint density at radius 3 is 2.75 bits per heavy atom. The molecule has 1 fully saturated rings. The van der Waals surface area contributed by atoms with E-state index < -0.39 is 0 Å². The van der Waals surface area contributed by atoms with Gasteiger partial charge in [0.05, 0.1) is 6.04 Å². The van der Waals surface area contributed by atoms with Gasteiger partial charge >= 0.3 is 0 Å². The van der Waals surface area contributed by atoms with Crippen molar-refractivity contribution in [1.82, 2.24) is 10.2 Å². The van der Waals surface area contributed by atoms with Gasteiger partial charge in [-0.25, -0.2) is 0 Å². The average Bonchev–Trinajstić information content (AvgIpc) is 2.03. The first kappa shape index (κ1) is 9.52. The zero-order chi connectivity index (χ0) is 9.35. The minimum atomic E-state index is -0.0308. The molecule has 0 aromatic carbocycles. The van der Waals surface area contributed by atoms with Crippen LogP contribution in [0.3, 0.4) is 0 Å². The molecular weight excluding hydrogens is 152 g/mol. The monoisotopic (exact) mass is 170 g/mol. The molecule has 1 N–H and O–H groups in total. The molecule has 0 saturated carbocycles. The van der Waals surface area contributed by atoms with Gasteiger partial charge < -0.3 is 10.2 Å². The number of nitrogens with zero attached hydrogens (tertiary/aromatic N) is 1. The Balaban J connectivity index is 2.73. The Kier molecular flexibility index (Phi) is 2.42. The molecule has 1 unspecified atom stereocenters. The molecule has 0 aromatic rings. The lowest BCUT2D eigenvalue weighted by molar-refractivity contribution is -0.131. The first-order chi connectivity index (χ1) is 5.42. The standard InChI is InChI=1S/C9H18N2O/c1-7-8(12)11(4)6-9(2,3)5-10-7/h7,10H,5-6H2,1-4H3.